The topological polar surface area (TPSA) is 43.9 Å². The quantitative estimate of drug-likeness (QED) is 0.707. The summed E-state index contributed by atoms with van der Waals surface area (Å²) in [5.74, 6) is 0.433. The molecule has 2 heterocycles. The van der Waals surface area contributed by atoms with Crippen molar-refractivity contribution in [2.75, 3.05) is 26.2 Å². The molecule has 2 aliphatic heterocycles. The molecule has 3 fully saturated rings. The first-order valence-corrected chi connectivity index (χ1v) is 10.9. The van der Waals surface area contributed by atoms with Gasteiger partial charge in [0.2, 0.25) is 12.3 Å². The van der Waals surface area contributed by atoms with Gasteiger partial charge >= 0.3 is 0 Å². The maximum atomic E-state index is 13.0. The molecule has 1 aliphatic carbocycles. The summed E-state index contributed by atoms with van der Waals surface area (Å²) in [4.78, 5) is 31.4. The Kier molecular flexibility index (Phi) is 5.90. The predicted octanol–water partition coefficient (Wildman–Crippen LogP) is 3.13. The van der Waals surface area contributed by atoms with Crippen molar-refractivity contribution in [3.8, 4) is 0 Å². The number of likely N-dealkylation sites (tertiary alicyclic amines) is 2. The van der Waals surface area contributed by atoms with E-state index in [2.05, 4.69) is 44.4 Å². The molecule has 0 radical (unpaired) electrons. The Labute approximate surface area is 165 Å². The summed E-state index contributed by atoms with van der Waals surface area (Å²) in [5.41, 5.74) is 0.537. The molecule has 1 saturated carbocycles. The van der Waals surface area contributed by atoms with Crippen molar-refractivity contribution in [2.45, 2.75) is 90.8 Å². The molecule has 0 aromatic heterocycles. The van der Waals surface area contributed by atoms with Crippen LogP contribution in [-0.2, 0) is 9.59 Å². The molecule has 2 atom stereocenters. The highest BCUT2D eigenvalue weighted by molar-refractivity contribution is 5.79. The van der Waals surface area contributed by atoms with Crippen molar-refractivity contribution in [3.05, 3.63) is 0 Å². The molecule has 5 heteroatoms. The van der Waals surface area contributed by atoms with Gasteiger partial charge in [0.1, 0.15) is 0 Å². The highest BCUT2D eigenvalue weighted by Gasteiger charge is 2.40. The molecule has 2 amide bonds. The van der Waals surface area contributed by atoms with Gasteiger partial charge in [-0.2, -0.15) is 0 Å². The minimum atomic E-state index is 0.128. The summed E-state index contributed by atoms with van der Waals surface area (Å²) < 4.78 is 0. The Morgan fingerprint density at radius 2 is 1.67 bits per heavy atom. The minimum Gasteiger partial charge on any atom is -0.340 e. The van der Waals surface area contributed by atoms with Crippen LogP contribution in [0.2, 0.25) is 0 Å². The summed E-state index contributed by atoms with van der Waals surface area (Å²) in [6.07, 6.45) is 7.51. The average Bonchev–Trinajstić information content (AvgIpc) is 3.25. The van der Waals surface area contributed by atoms with Crippen molar-refractivity contribution in [2.24, 2.45) is 11.3 Å². The fourth-order valence-corrected chi connectivity index (χ4v) is 5.17. The standard InChI is InChI=1S/C22H39N3O2/c1-21(2,3)24-13-8-17(14-24)20(27)23-12-9-19(15-23)25(16-26)18-6-10-22(4,5)11-7-18/h16-19H,6-15H2,1-5H3. The molecule has 5 nitrogen and oxygen atoms in total. The van der Waals surface area contributed by atoms with Crippen LogP contribution >= 0.6 is 0 Å². The van der Waals surface area contributed by atoms with E-state index in [0.29, 0.717) is 17.4 Å². The van der Waals surface area contributed by atoms with Gasteiger partial charge in [0, 0.05) is 31.2 Å². The third-order valence-corrected chi connectivity index (χ3v) is 7.23. The lowest BCUT2D eigenvalue weighted by Gasteiger charge is -2.41. The molecule has 0 aromatic carbocycles. The molecule has 0 N–H and O–H groups in total. The second-order valence-electron chi connectivity index (χ2n) is 10.8. The SMILES string of the molecule is CC1(C)CCC(N(C=O)C2CCN(C(=O)C3CCN(C(C)(C)C)C3)C2)CC1. The monoisotopic (exact) mass is 377 g/mol. The zero-order valence-electron chi connectivity index (χ0n) is 18.0. The smallest absolute Gasteiger partial charge is 0.227 e. The zero-order valence-corrected chi connectivity index (χ0v) is 18.0. The second kappa shape index (κ2) is 7.73. The van der Waals surface area contributed by atoms with Gasteiger partial charge in [-0.15, -0.1) is 0 Å². The molecule has 27 heavy (non-hydrogen) atoms. The summed E-state index contributed by atoms with van der Waals surface area (Å²) in [6.45, 7) is 14.7. The maximum absolute atomic E-state index is 13.0. The lowest BCUT2D eigenvalue weighted by molar-refractivity contribution is -0.135. The first-order chi connectivity index (χ1) is 12.6. The van der Waals surface area contributed by atoms with Crippen molar-refractivity contribution < 1.29 is 9.59 Å². The van der Waals surface area contributed by atoms with E-state index < -0.39 is 0 Å². The number of carbonyl (C=O) groups excluding carboxylic acids is 2. The lowest BCUT2D eigenvalue weighted by atomic mass is 9.75. The minimum absolute atomic E-state index is 0.128. The molecular formula is C22H39N3O2. The van der Waals surface area contributed by atoms with Crippen LogP contribution in [0.15, 0.2) is 0 Å². The number of nitrogens with zero attached hydrogens (tertiary/aromatic N) is 3. The summed E-state index contributed by atoms with van der Waals surface area (Å²) in [5, 5.41) is 0. The van der Waals surface area contributed by atoms with E-state index in [0.717, 1.165) is 58.3 Å². The molecule has 2 saturated heterocycles. The fourth-order valence-electron chi connectivity index (χ4n) is 5.17. The van der Waals surface area contributed by atoms with E-state index in [1.54, 1.807) is 0 Å². The van der Waals surface area contributed by atoms with Crippen molar-refractivity contribution in [1.82, 2.24) is 14.7 Å². The third kappa shape index (κ3) is 4.67. The van der Waals surface area contributed by atoms with Crippen molar-refractivity contribution in [1.29, 1.82) is 0 Å². The molecule has 3 rings (SSSR count). The summed E-state index contributed by atoms with van der Waals surface area (Å²) >= 11 is 0. The molecular weight excluding hydrogens is 338 g/mol. The number of hydrogen-bond acceptors (Lipinski definition) is 3. The molecule has 0 bridgehead atoms. The van der Waals surface area contributed by atoms with Gasteiger partial charge in [-0.1, -0.05) is 13.8 Å². The fraction of sp³-hybridized carbons (Fsp3) is 0.909. The van der Waals surface area contributed by atoms with Crippen LogP contribution in [-0.4, -0.2) is 70.8 Å². The second-order valence-corrected chi connectivity index (χ2v) is 10.8. The van der Waals surface area contributed by atoms with Crippen molar-refractivity contribution in [3.63, 3.8) is 0 Å². The van der Waals surface area contributed by atoms with Gasteiger partial charge in [0.05, 0.1) is 12.0 Å². The van der Waals surface area contributed by atoms with Crippen molar-refractivity contribution >= 4 is 12.3 Å². The van der Waals surface area contributed by atoms with E-state index in [-0.39, 0.29) is 17.5 Å². The molecule has 3 aliphatic rings. The lowest BCUT2D eigenvalue weighted by Crippen LogP contribution is -2.47. The van der Waals surface area contributed by atoms with Gasteiger partial charge in [-0.3, -0.25) is 14.5 Å². The zero-order chi connectivity index (χ0) is 19.8. The Bertz CT molecular complexity index is 544. The third-order valence-electron chi connectivity index (χ3n) is 7.23. The Morgan fingerprint density at radius 1 is 1.00 bits per heavy atom. The van der Waals surface area contributed by atoms with Gasteiger partial charge in [-0.05, 0) is 71.3 Å². The van der Waals surface area contributed by atoms with E-state index in [4.69, 9.17) is 0 Å². The van der Waals surface area contributed by atoms with Crippen LogP contribution < -0.4 is 0 Å². The molecule has 2 unspecified atom stereocenters. The number of amides is 2. The van der Waals surface area contributed by atoms with Crippen LogP contribution in [0.5, 0.6) is 0 Å². The van der Waals surface area contributed by atoms with Gasteiger partial charge < -0.3 is 9.80 Å². The van der Waals surface area contributed by atoms with Gasteiger partial charge in [0.15, 0.2) is 0 Å². The van der Waals surface area contributed by atoms with Crippen LogP contribution in [0.4, 0.5) is 0 Å². The molecule has 0 aromatic rings. The highest BCUT2D eigenvalue weighted by Crippen LogP contribution is 2.38. The van der Waals surface area contributed by atoms with E-state index in [1.165, 1.54) is 12.8 Å². The van der Waals surface area contributed by atoms with Crippen LogP contribution in [0.3, 0.4) is 0 Å². The van der Waals surface area contributed by atoms with Gasteiger partial charge in [-0.25, -0.2) is 0 Å². The van der Waals surface area contributed by atoms with E-state index in [1.807, 2.05) is 4.90 Å². The number of rotatable bonds is 4. The maximum Gasteiger partial charge on any atom is 0.227 e. The summed E-state index contributed by atoms with van der Waals surface area (Å²) in [6, 6.07) is 0.566. The molecule has 0 spiro atoms. The predicted molar refractivity (Wildman–Crippen MR) is 108 cm³/mol. The van der Waals surface area contributed by atoms with Crippen LogP contribution in [0.25, 0.3) is 0 Å². The Hall–Kier alpha value is -1.10. The normalized spacial score (nSPS) is 29.9. The van der Waals surface area contributed by atoms with Crippen LogP contribution in [0, 0.1) is 11.3 Å². The summed E-state index contributed by atoms with van der Waals surface area (Å²) in [7, 11) is 0. The first-order valence-electron chi connectivity index (χ1n) is 10.9. The van der Waals surface area contributed by atoms with E-state index in [9.17, 15) is 9.59 Å². The first kappa shape index (κ1) is 20.6. The number of hydrogen-bond donors (Lipinski definition) is 0. The van der Waals surface area contributed by atoms with E-state index >= 15 is 0 Å². The molecule has 154 valence electrons. The average molecular weight is 378 g/mol. The highest BCUT2D eigenvalue weighted by atomic mass is 16.2. The van der Waals surface area contributed by atoms with Gasteiger partial charge in [0.25, 0.3) is 0 Å². The Morgan fingerprint density at radius 3 is 2.22 bits per heavy atom. The van der Waals surface area contributed by atoms with Crippen LogP contribution in [0.1, 0.15) is 73.1 Å². The number of carbonyl (C=O) groups is 2. The largest absolute Gasteiger partial charge is 0.340 e. The Balaban J connectivity index is 1.54.